The van der Waals surface area contributed by atoms with Crippen molar-refractivity contribution in [2.45, 2.75) is 24.1 Å². The van der Waals surface area contributed by atoms with Gasteiger partial charge in [0.25, 0.3) is 0 Å². The molecule has 0 saturated carbocycles. The summed E-state index contributed by atoms with van der Waals surface area (Å²) in [6, 6.07) is 8.98. The average Bonchev–Trinajstić information content (AvgIpc) is 2.27. The highest BCUT2D eigenvalue weighted by Gasteiger charge is 2.23. The van der Waals surface area contributed by atoms with Gasteiger partial charge in [-0.1, -0.05) is 37.3 Å². The molecule has 0 N–H and O–H groups in total. The van der Waals surface area contributed by atoms with Crippen LogP contribution in [-0.4, -0.2) is 16.5 Å². The van der Waals surface area contributed by atoms with Gasteiger partial charge in [0.2, 0.25) is 0 Å². The van der Waals surface area contributed by atoms with E-state index in [1.165, 1.54) is 0 Å². The molecular weight excluding hydrogens is 219 g/mol. The molecule has 0 saturated heterocycles. The van der Waals surface area contributed by atoms with E-state index >= 15 is 0 Å². The van der Waals surface area contributed by atoms with Crippen LogP contribution in [0.5, 0.6) is 0 Å². The number of alkyl halides is 2. The Kier molecular flexibility index (Phi) is 4.43. The van der Waals surface area contributed by atoms with E-state index in [1.807, 2.05) is 25.1 Å². The summed E-state index contributed by atoms with van der Waals surface area (Å²) in [4.78, 5) is 11.7. The van der Waals surface area contributed by atoms with Crippen molar-refractivity contribution in [3.63, 3.8) is 0 Å². The van der Waals surface area contributed by atoms with Gasteiger partial charge in [-0.2, -0.15) is 0 Å². The number of hydrogen-bond acceptors (Lipinski definition) is 1. The fourth-order valence-electron chi connectivity index (χ4n) is 1.13. The molecule has 0 amide bonds. The summed E-state index contributed by atoms with van der Waals surface area (Å²) in [6.07, 6.45) is 0.689. The maximum Gasteiger partial charge on any atom is 0.182 e. The fourth-order valence-corrected chi connectivity index (χ4v) is 1.55. The fraction of sp³-hybridized carbons (Fsp3) is 0.364. The number of halogens is 2. The van der Waals surface area contributed by atoms with Crippen LogP contribution in [0.2, 0.25) is 0 Å². The molecule has 3 heteroatoms. The maximum atomic E-state index is 11.7. The predicted molar refractivity (Wildman–Crippen MR) is 60.3 cm³/mol. The Morgan fingerprint density at radius 2 is 1.86 bits per heavy atom. The van der Waals surface area contributed by atoms with Crippen LogP contribution < -0.4 is 0 Å². The number of Topliss-reactive ketones (excluding diaryl/α,β-unsaturated/α-hetero) is 1. The first-order chi connectivity index (χ1) is 6.66. The zero-order chi connectivity index (χ0) is 10.6. The van der Waals surface area contributed by atoms with Crippen LogP contribution in [0, 0.1) is 0 Å². The summed E-state index contributed by atoms with van der Waals surface area (Å²) in [5.41, 5.74) is 0.617. The molecule has 0 aromatic heterocycles. The molecule has 1 rings (SSSR count). The van der Waals surface area contributed by atoms with Crippen molar-refractivity contribution in [3.8, 4) is 0 Å². The molecule has 0 radical (unpaired) electrons. The van der Waals surface area contributed by atoms with Crippen molar-refractivity contribution >= 4 is 29.0 Å². The molecule has 0 spiro atoms. The van der Waals surface area contributed by atoms with Crippen molar-refractivity contribution in [2.75, 3.05) is 0 Å². The van der Waals surface area contributed by atoms with E-state index in [2.05, 4.69) is 0 Å². The Bertz CT molecular complexity index is 297. The SMILES string of the molecule is CCC(Cl)C(Cl)C(=O)c1ccccc1. The van der Waals surface area contributed by atoms with E-state index in [-0.39, 0.29) is 11.2 Å². The van der Waals surface area contributed by atoms with Gasteiger partial charge in [-0.3, -0.25) is 4.79 Å². The standard InChI is InChI=1S/C11H12Cl2O/c1-2-9(12)10(13)11(14)8-6-4-3-5-7-8/h3-7,9-10H,2H2,1H3. The molecule has 0 aliphatic rings. The van der Waals surface area contributed by atoms with Crippen LogP contribution in [0.4, 0.5) is 0 Å². The summed E-state index contributed by atoms with van der Waals surface area (Å²) < 4.78 is 0. The molecule has 0 aliphatic heterocycles. The largest absolute Gasteiger partial charge is 0.292 e. The Labute approximate surface area is 94.0 Å². The second-order valence-corrected chi connectivity index (χ2v) is 4.09. The third-order valence-electron chi connectivity index (χ3n) is 2.02. The van der Waals surface area contributed by atoms with E-state index < -0.39 is 5.38 Å². The van der Waals surface area contributed by atoms with Gasteiger partial charge in [0.1, 0.15) is 5.38 Å². The molecule has 1 aromatic carbocycles. The summed E-state index contributed by atoms with van der Waals surface area (Å²) in [5, 5.41) is -0.937. The second-order valence-electron chi connectivity index (χ2n) is 3.06. The van der Waals surface area contributed by atoms with Crippen LogP contribution in [-0.2, 0) is 0 Å². The van der Waals surface area contributed by atoms with Gasteiger partial charge in [-0.25, -0.2) is 0 Å². The van der Waals surface area contributed by atoms with Gasteiger partial charge in [0.05, 0.1) is 5.38 Å². The molecule has 0 bridgehead atoms. The van der Waals surface area contributed by atoms with E-state index in [0.717, 1.165) is 0 Å². The van der Waals surface area contributed by atoms with E-state index in [1.54, 1.807) is 12.1 Å². The zero-order valence-electron chi connectivity index (χ0n) is 7.91. The Morgan fingerprint density at radius 1 is 1.29 bits per heavy atom. The lowest BCUT2D eigenvalue weighted by Gasteiger charge is -2.12. The highest BCUT2D eigenvalue weighted by atomic mass is 35.5. The number of carbonyl (C=O) groups excluding carboxylic acids is 1. The normalized spacial score (nSPS) is 14.8. The van der Waals surface area contributed by atoms with Crippen molar-refractivity contribution in [1.29, 1.82) is 0 Å². The van der Waals surface area contributed by atoms with Crippen LogP contribution in [0.15, 0.2) is 30.3 Å². The smallest absolute Gasteiger partial charge is 0.182 e. The van der Waals surface area contributed by atoms with Gasteiger partial charge < -0.3 is 0 Å². The maximum absolute atomic E-state index is 11.7. The minimum atomic E-state index is -0.635. The molecule has 76 valence electrons. The predicted octanol–water partition coefficient (Wildman–Crippen LogP) is 3.49. The number of benzene rings is 1. The van der Waals surface area contributed by atoms with E-state index in [9.17, 15) is 4.79 Å². The molecule has 2 atom stereocenters. The van der Waals surface area contributed by atoms with Crippen LogP contribution >= 0.6 is 23.2 Å². The Balaban J connectivity index is 2.76. The van der Waals surface area contributed by atoms with Crippen LogP contribution in [0.1, 0.15) is 23.7 Å². The third-order valence-corrected chi connectivity index (χ3v) is 3.21. The van der Waals surface area contributed by atoms with Crippen molar-refractivity contribution < 1.29 is 4.79 Å². The van der Waals surface area contributed by atoms with Gasteiger partial charge in [-0.15, -0.1) is 23.2 Å². The first-order valence-electron chi connectivity index (χ1n) is 4.54. The minimum absolute atomic E-state index is 0.103. The molecule has 1 nitrogen and oxygen atoms in total. The van der Waals surface area contributed by atoms with Gasteiger partial charge in [0.15, 0.2) is 5.78 Å². The highest BCUT2D eigenvalue weighted by molar-refractivity contribution is 6.39. The number of ketones is 1. The van der Waals surface area contributed by atoms with Crippen LogP contribution in [0.3, 0.4) is 0 Å². The molecule has 0 heterocycles. The quantitative estimate of drug-likeness (QED) is 0.572. The molecular formula is C11H12Cl2O. The molecule has 1 aromatic rings. The lowest BCUT2D eigenvalue weighted by molar-refractivity contribution is 0.0985. The average molecular weight is 231 g/mol. The second kappa shape index (κ2) is 5.38. The Morgan fingerprint density at radius 3 is 2.36 bits per heavy atom. The van der Waals surface area contributed by atoms with E-state index in [4.69, 9.17) is 23.2 Å². The lowest BCUT2D eigenvalue weighted by atomic mass is 10.1. The van der Waals surface area contributed by atoms with Gasteiger partial charge >= 0.3 is 0 Å². The summed E-state index contributed by atoms with van der Waals surface area (Å²) in [6.45, 7) is 1.91. The Hall–Kier alpha value is -0.530. The number of hydrogen-bond donors (Lipinski definition) is 0. The third kappa shape index (κ3) is 2.73. The molecule has 0 aliphatic carbocycles. The lowest BCUT2D eigenvalue weighted by Crippen LogP contribution is -2.24. The zero-order valence-corrected chi connectivity index (χ0v) is 9.42. The molecule has 0 fully saturated rings. The first-order valence-corrected chi connectivity index (χ1v) is 5.41. The summed E-state index contributed by atoms with van der Waals surface area (Å²) in [5.74, 6) is -0.103. The monoisotopic (exact) mass is 230 g/mol. The van der Waals surface area contributed by atoms with Gasteiger partial charge in [0, 0.05) is 5.56 Å². The van der Waals surface area contributed by atoms with Crippen molar-refractivity contribution in [1.82, 2.24) is 0 Å². The van der Waals surface area contributed by atoms with Crippen molar-refractivity contribution in [2.24, 2.45) is 0 Å². The summed E-state index contributed by atoms with van der Waals surface area (Å²) in [7, 11) is 0. The van der Waals surface area contributed by atoms with Crippen molar-refractivity contribution in [3.05, 3.63) is 35.9 Å². The number of carbonyl (C=O) groups is 1. The first kappa shape index (κ1) is 11.5. The van der Waals surface area contributed by atoms with Gasteiger partial charge in [-0.05, 0) is 6.42 Å². The molecule has 2 unspecified atom stereocenters. The van der Waals surface area contributed by atoms with Crippen LogP contribution in [0.25, 0.3) is 0 Å². The summed E-state index contributed by atoms with van der Waals surface area (Å²) >= 11 is 11.8. The number of rotatable bonds is 4. The minimum Gasteiger partial charge on any atom is -0.292 e. The van der Waals surface area contributed by atoms with E-state index in [0.29, 0.717) is 12.0 Å². The highest BCUT2D eigenvalue weighted by Crippen LogP contribution is 2.18. The molecule has 14 heavy (non-hydrogen) atoms. The topological polar surface area (TPSA) is 17.1 Å².